The minimum atomic E-state index is -0.985. The van der Waals surface area contributed by atoms with Crippen molar-refractivity contribution in [2.45, 2.75) is 36.7 Å². The molecule has 33 heavy (non-hydrogen) atoms. The Morgan fingerprint density at radius 1 is 0.909 bits per heavy atom. The lowest BCUT2D eigenvalue weighted by Crippen LogP contribution is -2.53. The molecule has 4 rings (SSSR count). The van der Waals surface area contributed by atoms with Crippen LogP contribution >= 0.6 is 11.6 Å². The second-order valence-corrected chi connectivity index (χ2v) is 9.56. The molecule has 0 unspecified atom stereocenters. The van der Waals surface area contributed by atoms with Gasteiger partial charge in [0.25, 0.3) is 0 Å². The summed E-state index contributed by atoms with van der Waals surface area (Å²) in [7, 11) is 0. The average molecular weight is 461 g/mol. The van der Waals surface area contributed by atoms with Crippen molar-refractivity contribution in [3.05, 3.63) is 112 Å². The highest BCUT2D eigenvalue weighted by Gasteiger charge is 2.40. The highest BCUT2D eigenvalue weighted by atomic mass is 35.5. The summed E-state index contributed by atoms with van der Waals surface area (Å²) in [5, 5.41) is 35.5. The third kappa shape index (κ3) is 4.98. The minimum absolute atomic E-state index is 0.332. The van der Waals surface area contributed by atoms with Crippen molar-refractivity contribution in [3.8, 4) is 6.07 Å². The third-order valence-corrected chi connectivity index (χ3v) is 7.34. The van der Waals surface area contributed by atoms with E-state index in [1.54, 1.807) is 12.1 Å². The number of likely N-dealkylation sites (tertiary alicyclic amines) is 1. The van der Waals surface area contributed by atoms with Crippen molar-refractivity contribution in [1.29, 1.82) is 5.26 Å². The van der Waals surface area contributed by atoms with E-state index in [9.17, 15) is 15.6 Å². The van der Waals surface area contributed by atoms with E-state index in [0.717, 1.165) is 16.7 Å². The SMILES string of the molecule is N#CC(CCC[N+]1([O-])CCC(O)(c2ccc(Cl)cc2)CC1)(c1ccccc1)c1ccccc1. The summed E-state index contributed by atoms with van der Waals surface area (Å²) < 4.78 is -0.332. The number of nitrogens with zero attached hydrogens (tertiary/aromatic N) is 2. The molecule has 4 nitrogen and oxygen atoms in total. The molecule has 0 radical (unpaired) electrons. The molecule has 0 bridgehead atoms. The van der Waals surface area contributed by atoms with Crippen LogP contribution in [0.15, 0.2) is 84.9 Å². The van der Waals surface area contributed by atoms with Crippen LogP contribution in [0.25, 0.3) is 0 Å². The Bertz CT molecular complexity index is 1050. The number of piperidine rings is 1. The van der Waals surface area contributed by atoms with Gasteiger partial charge in [0.05, 0.1) is 25.7 Å². The van der Waals surface area contributed by atoms with E-state index in [1.807, 2.05) is 72.8 Å². The number of hydrogen-bond acceptors (Lipinski definition) is 3. The third-order valence-electron chi connectivity index (χ3n) is 7.09. The maximum atomic E-state index is 13.5. The molecular weight excluding hydrogens is 432 g/mol. The van der Waals surface area contributed by atoms with Crippen LogP contribution in [0.2, 0.25) is 5.02 Å². The van der Waals surface area contributed by atoms with E-state index in [2.05, 4.69) is 6.07 Å². The van der Waals surface area contributed by atoms with E-state index in [-0.39, 0.29) is 4.65 Å². The molecule has 0 spiro atoms. The normalized spacial score (nSPS) is 23.1. The van der Waals surface area contributed by atoms with E-state index in [0.29, 0.717) is 50.3 Å². The molecule has 0 saturated carbocycles. The Morgan fingerprint density at radius 2 is 1.42 bits per heavy atom. The van der Waals surface area contributed by atoms with Gasteiger partial charge in [0.15, 0.2) is 0 Å². The minimum Gasteiger partial charge on any atom is -0.633 e. The van der Waals surface area contributed by atoms with Crippen LogP contribution in [0.3, 0.4) is 0 Å². The molecule has 1 aliphatic rings. The zero-order valence-electron chi connectivity index (χ0n) is 18.7. The fourth-order valence-corrected chi connectivity index (χ4v) is 5.13. The number of nitriles is 1. The van der Waals surface area contributed by atoms with Gasteiger partial charge in [-0.15, -0.1) is 0 Å². The number of hydroxylamine groups is 3. The number of aliphatic hydroxyl groups is 1. The van der Waals surface area contributed by atoms with Crippen molar-refractivity contribution in [3.63, 3.8) is 0 Å². The Morgan fingerprint density at radius 3 is 1.91 bits per heavy atom. The highest BCUT2D eigenvalue weighted by molar-refractivity contribution is 6.30. The zero-order valence-corrected chi connectivity index (χ0v) is 19.4. The quantitative estimate of drug-likeness (QED) is 0.351. The monoisotopic (exact) mass is 460 g/mol. The molecule has 0 aromatic heterocycles. The molecule has 0 aliphatic carbocycles. The van der Waals surface area contributed by atoms with Crippen molar-refractivity contribution in [2.24, 2.45) is 0 Å². The average Bonchev–Trinajstić information content (AvgIpc) is 2.86. The lowest BCUT2D eigenvalue weighted by Gasteiger charge is -2.50. The van der Waals surface area contributed by atoms with Gasteiger partial charge in [0, 0.05) is 17.9 Å². The Labute approximate surface area is 200 Å². The first-order chi connectivity index (χ1) is 15.9. The molecule has 1 fully saturated rings. The number of halogens is 1. The number of rotatable bonds is 7. The topological polar surface area (TPSA) is 67.1 Å². The Hall–Kier alpha value is -2.68. The predicted molar refractivity (Wildman–Crippen MR) is 131 cm³/mol. The fourth-order valence-electron chi connectivity index (χ4n) is 5.00. The van der Waals surface area contributed by atoms with Crippen LogP contribution in [0, 0.1) is 16.5 Å². The molecule has 1 aliphatic heterocycles. The molecule has 5 heteroatoms. The van der Waals surface area contributed by atoms with Crippen LogP contribution in [-0.2, 0) is 11.0 Å². The van der Waals surface area contributed by atoms with Crippen LogP contribution < -0.4 is 0 Å². The van der Waals surface area contributed by atoms with Gasteiger partial charge >= 0.3 is 0 Å². The number of quaternary nitrogens is 1. The molecule has 1 saturated heterocycles. The predicted octanol–water partition coefficient (Wildman–Crippen LogP) is 5.93. The molecule has 1 N–H and O–H groups in total. The Balaban J connectivity index is 1.46. The van der Waals surface area contributed by atoms with Gasteiger partial charge < -0.3 is 15.0 Å². The van der Waals surface area contributed by atoms with Crippen molar-refractivity contribution < 1.29 is 9.75 Å². The molecule has 0 amide bonds. The Kier molecular flexibility index (Phi) is 6.88. The van der Waals surface area contributed by atoms with Gasteiger partial charge in [-0.25, -0.2) is 0 Å². The highest BCUT2D eigenvalue weighted by Crippen LogP contribution is 2.39. The summed E-state index contributed by atoms with van der Waals surface area (Å²) in [6.07, 6.45) is 2.03. The first-order valence-electron chi connectivity index (χ1n) is 11.5. The van der Waals surface area contributed by atoms with E-state index in [1.165, 1.54) is 0 Å². The molecule has 1 heterocycles. The van der Waals surface area contributed by atoms with Crippen LogP contribution in [-0.4, -0.2) is 29.4 Å². The number of benzene rings is 3. The smallest absolute Gasteiger partial charge is 0.107 e. The van der Waals surface area contributed by atoms with Crippen molar-refractivity contribution in [2.75, 3.05) is 19.6 Å². The molecular formula is C28H29ClN2O2. The maximum absolute atomic E-state index is 13.5. The van der Waals surface area contributed by atoms with Gasteiger partial charge in [-0.1, -0.05) is 84.4 Å². The fraction of sp³-hybridized carbons (Fsp3) is 0.321. The second kappa shape index (κ2) is 9.67. The summed E-state index contributed by atoms with van der Waals surface area (Å²) in [6.45, 7) is 1.14. The van der Waals surface area contributed by atoms with Crippen LogP contribution in [0.4, 0.5) is 0 Å². The molecule has 170 valence electrons. The summed E-state index contributed by atoms with van der Waals surface area (Å²) in [5.74, 6) is 0. The van der Waals surface area contributed by atoms with Crippen LogP contribution in [0.5, 0.6) is 0 Å². The van der Waals surface area contributed by atoms with Gasteiger partial charge in [-0.2, -0.15) is 5.26 Å². The second-order valence-electron chi connectivity index (χ2n) is 9.12. The lowest BCUT2D eigenvalue weighted by molar-refractivity contribution is -0.888. The summed E-state index contributed by atoms with van der Waals surface area (Å²) in [4.78, 5) is 0. The van der Waals surface area contributed by atoms with E-state index < -0.39 is 11.0 Å². The lowest BCUT2D eigenvalue weighted by atomic mass is 9.72. The largest absolute Gasteiger partial charge is 0.633 e. The van der Waals surface area contributed by atoms with Crippen LogP contribution in [0.1, 0.15) is 42.4 Å². The standard InChI is InChI=1S/C28H29ClN2O2/c29-26-14-12-25(13-15-26)28(32)17-20-31(33,21-18-28)19-7-16-27(22-30,23-8-3-1-4-9-23)24-10-5-2-6-11-24/h1-6,8-15,32H,7,16-21H2. The molecule has 3 aromatic rings. The van der Waals surface area contributed by atoms with E-state index >= 15 is 0 Å². The summed E-state index contributed by atoms with van der Waals surface area (Å²) >= 11 is 5.98. The first-order valence-corrected chi connectivity index (χ1v) is 11.8. The van der Waals surface area contributed by atoms with Gasteiger partial charge in [0.1, 0.15) is 11.0 Å². The van der Waals surface area contributed by atoms with Gasteiger partial charge in [-0.05, 0) is 41.7 Å². The van der Waals surface area contributed by atoms with Crippen molar-refractivity contribution in [1.82, 2.24) is 0 Å². The van der Waals surface area contributed by atoms with Gasteiger partial charge in [0.2, 0.25) is 0 Å². The summed E-state index contributed by atoms with van der Waals surface area (Å²) in [5.41, 5.74) is 0.941. The first kappa shape index (κ1) is 23.5. The van der Waals surface area contributed by atoms with Crippen molar-refractivity contribution >= 4 is 11.6 Å². The van der Waals surface area contributed by atoms with Gasteiger partial charge in [-0.3, -0.25) is 0 Å². The summed E-state index contributed by atoms with van der Waals surface area (Å²) in [6, 6.07) is 29.5. The van der Waals surface area contributed by atoms with E-state index in [4.69, 9.17) is 11.6 Å². The molecule has 0 atom stereocenters. The molecule has 3 aromatic carbocycles. The number of hydrogen-bond donors (Lipinski definition) is 1. The zero-order chi connectivity index (χ0) is 23.4. The maximum Gasteiger partial charge on any atom is 0.107 e.